The van der Waals surface area contributed by atoms with E-state index in [9.17, 15) is 8.78 Å². The van der Waals surface area contributed by atoms with Crippen LogP contribution in [-0.2, 0) is 5.92 Å². The predicted octanol–water partition coefficient (Wildman–Crippen LogP) is 3.63. The van der Waals surface area contributed by atoms with Crippen LogP contribution in [0.2, 0.25) is 0 Å². The van der Waals surface area contributed by atoms with Gasteiger partial charge in [-0.25, -0.2) is 0 Å². The third-order valence-corrected chi connectivity index (χ3v) is 4.34. The van der Waals surface area contributed by atoms with E-state index >= 15 is 0 Å². The Morgan fingerprint density at radius 2 is 1.95 bits per heavy atom. The minimum absolute atomic E-state index is 0.103. The van der Waals surface area contributed by atoms with Gasteiger partial charge >= 0.3 is 0 Å². The molecule has 1 aromatic rings. The van der Waals surface area contributed by atoms with Crippen LogP contribution in [0.15, 0.2) is 30.3 Å². The average Bonchev–Trinajstić information content (AvgIpc) is 2.44. The number of hydrogen-bond donors (Lipinski definition) is 1. The van der Waals surface area contributed by atoms with E-state index in [4.69, 9.17) is 0 Å². The molecular weight excluding hydrogens is 270 g/mol. The fourth-order valence-corrected chi connectivity index (χ4v) is 2.92. The molecule has 2 rings (SSSR count). The Labute approximate surface area is 126 Å². The molecule has 0 aliphatic carbocycles. The van der Waals surface area contributed by atoms with Crippen molar-refractivity contribution < 1.29 is 8.78 Å². The highest BCUT2D eigenvalue weighted by Crippen LogP contribution is 2.32. The van der Waals surface area contributed by atoms with Gasteiger partial charge < -0.3 is 5.32 Å². The molecule has 1 aromatic carbocycles. The maximum atomic E-state index is 14.5. The lowest BCUT2D eigenvalue weighted by Gasteiger charge is -2.47. The first kappa shape index (κ1) is 16.4. The molecule has 1 atom stereocenters. The van der Waals surface area contributed by atoms with Gasteiger partial charge in [-0.2, -0.15) is 8.78 Å². The molecule has 0 amide bonds. The monoisotopic (exact) mass is 296 g/mol. The van der Waals surface area contributed by atoms with E-state index in [2.05, 4.69) is 12.2 Å². The SMILES string of the molecule is CCCC1CN(CC(F)(F)c2ccccc2)C(C)(C)CN1. The van der Waals surface area contributed by atoms with Crippen LogP contribution in [-0.4, -0.2) is 36.1 Å². The first-order valence-electron chi connectivity index (χ1n) is 7.77. The summed E-state index contributed by atoms with van der Waals surface area (Å²) in [5.41, 5.74) is -0.144. The van der Waals surface area contributed by atoms with Crippen LogP contribution in [0, 0.1) is 0 Å². The van der Waals surface area contributed by atoms with Gasteiger partial charge in [-0.15, -0.1) is 0 Å². The van der Waals surface area contributed by atoms with Gasteiger partial charge in [-0.3, -0.25) is 4.90 Å². The summed E-state index contributed by atoms with van der Waals surface area (Å²) in [7, 11) is 0. The van der Waals surface area contributed by atoms with Gasteiger partial charge in [0, 0.05) is 30.2 Å². The average molecular weight is 296 g/mol. The highest BCUT2D eigenvalue weighted by molar-refractivity contribution is 5.20. The third-order valence-electron chi connectivity index (χ3n) is 4.34. The first-order chi connectivity index (χ1) is 9.85. The van der Waals surface area contributed by atoms with Gasteiger partial charge in [-0.05, 0) is 20.3 Å². The van der Waals surface area contributed by atoms with Gasteiger partial charge in [0.1, 0.15) is 0 Å². The predicted molar refractivity (Wildman–Crippen MR) is 82.7 cm³/mol. The molecule has 2 nitrogen and oxygen atoms in total. The second-order valence-corrected chi connectivity index (χ2v) is 6.63. The van der Waals surface area contributed by atoms with Crippen molar-refractivity contribution in [3.63, 3.8) is 0 Å². The van der Waals surface area contributed by atoms with Crippen molar-refractivity contribution in [3.8, 4) is 0 Å². The smallest absolute Gasteiger partial charge is 0.285 e. The van der Waals surface area contributed by atoms with Crippen LogP contribution < -0.4 is 5.32 Å². The zero-order valence-electron chi connectivity index (χ0n) is 13.2. The van der Waals surface area contributed by atoms with Crippen LogP contribution in [0.25, 0.3) is 0 Å². The number of alkyl halides is 2. The lowest BCUT2D eigenvalue weighted by atomic mass is 9.94. The van der Waals surface area contributed by atoms with E-state index in [1.807, 2.05) is 18.7 Å². The molecule has 1 unspecified atom stereocenters. The van der Waals surface area contributed by atoms with Crippen LogP contribution in [0.4, 0.5) is 8.78 Å². The lowest BCUT2D eigenvalue weighted by molar-refractivity contribution is -0.0733. The lowest BCUT2D eigenvalue weighted by Crippen LogP contribution is -2.63. The van der Waals surface area contributed by atoms with Crippen molar-refractivity contribution in [1.82, 2.24) is 10.2 Å². The highest BCUT2D eigenvalue weighted by atomic mass is 19.3. The second-order valence-electron chi connectivity index (χ2n) is 6.63. The Morgan fingerprint density at radius 3 is 2.57 bits per heavy atom. The van der Waals surface area contributed by atoms with Crippen LogP contribution in [0.3, 0.4) is 0 Å². The second kappa shape index (κ2) is 6.41. The van der Waals surface area contributed by atoms with E-state index in [-0.39, 0.29) is 17.6 Å². The molecule has 21 heavy (non-hydrogen) atoms. The van der Waals surface area contributed by atoms with E-state index < -0.39 is 5.92 Å². The summed E-state index contributed by atoms with van der Waals surface area (Å²) >= 11 is 0. The van der Waals surface area contributed by atoms with Gasteiger partial charge in [0.05, 0.1) is 6.54 Å². The number of nitrogens with one attached hydrogen (secondary N) is 1. The Kier molecular flexibility index (Phi) is 4.99. The van der Waals surface area contributed by atoms with Crippen molar-refractivity contribution >= 4 is 0 Å². The van der Waals surface area contributed by atoms with Gasteiger partial charge in [-0.1, -0.05) is 43.7 Å². The van der Waals surface area contributed by atoms with Crippen LogP contribution in [0.5, 0.6) is 0 Å². The molecule has 0 bridgehead atoms. The fourth-order valence-electron chi connectivity index (χ4n) is 2.92. The molecule has 1 N–H and O–H groups in total. The summed E-state index contributed by atoms with van der Waals surface area (Å²) in [6.07, 6.45) is 2.10. The number of rotatable bonds is 5. The minimum atomic E-state index is -2.81. The number of halogens is 2. The number of benzene rings is 1. The molecule has 0 spiro atoms. The fraction of sp³-hybridized carbons (Fsp3) is 0.647. The summed E-state index contributed by atoms with van der Waals surface area (Å²) < 4.78 is 29.1. The number of nitrogens with zero attached hydrogens (tertiary/aromatic N) is 1. The summed E-state index contributed by atoms with van der Waals surface area (Å²) in [6, 6.07) is 8.45. The maximum absolute atomic E-state index is 14.5. The largest absolute Gasteiger partial charge is 0.311 e. The Balaban J connectivity index is 2.11. The van der Waals surface area contributed by atoms with Gasteiger partial charge in [0.2, 0.25) is 0 Å². The molecule has 1 aliphatic heterocycles. The zero-order chi connectivity index (χ0) is 15.5. The Morgan fingerprint density at radius 1 is 1.29 bits per heavy atom. The molecule has 0 saturated carbocycles. The van der Waals surface area contributed by atoms with Crippen molar-refractivity contribution in [2.24, 2.45) is 0 Å². The molecule has 1 aliphatic rings. The maximum Gasteiger partial charge on any atom is 0.285 e. The molecule has 1 heterocycles. The molecule has 0 radical (unpaired) electrons. The Hall–Kier alpha value is -1.00. The highest BCUT2D eigenvalue weighted by Gasteiger charge is 2.41. The van der Waals surface area contributed by atoms with Gasteiger partial charge in [0.25, 0.3) is 5.92 Å². The summed E-state index contributed by atoms with van der Waals surface area (Å²) in [6.45, 7) is 7.41. The normalized spacial score (nSPS) is 23.2. The van der Waals surface area contributed by atoms with Crippen molar-refractivity contribution in [2.45, 2.75) is 51.1 Å². The molecule has 4 heteroatoms. The number of hydrogen-bond acceptors (Lipinski definition) is 2. The molecule has 1 fully saturated rings. The molecule has 0 aromatic heterocycles. The van der Waals surface area contributed by atoms with Crippen LogP contribution in [0.1, 0.15) is 39.2 Å². The van der Waals surface area contributed by atoms with E-state index in [1.165, 1.54) is 12.1 Å². The minimum Gasteiger partial charge on any atom is -0.311 e. The van der Waals surface area contributed by atoms with E-state index in [1.54, 1.807) is 18.2 Å². The molecular formula is C17H26F2N2. The first-order valence-corrected chi connectivity index (χ1v) is 7.77. The molecule has 1 saturated heterocycles. The Bertz CT molecular complexity index is 445. The van der Waals surface area contributed by atoms with Gasteiger partial charge in [0.15, 0.2) is 0 Å². The van der Waals surface area contributed by atoms with Crippen molar-refractivity contribution in [1.29, 1.82) is 0 Å². The van der Waals surface area contributed by atoms with Crippen molar-refractivity contribution in [3.05, 3.63) is 35.9 Å². The zero-order valence-corrected chi connectivity index (χ0v) is 13.2. The third kappa shape index (κ3) is 4.01. The quantitative estimate of drug-likeness (QED) is 0.892. The topological polar surface area (TPSA) is 15.3 Å². The summed E-state index contributed by atoms with van der Waals surface area (Å²) in [5, 5.41) is 3.48. The molecule has 118 valence electrons. The van der Waals surface area contributed by atoms with Crippen LogP contribution >= 0.6 is 0 Å². The van der Waals surface area contributed by atoms with E-state index in [0.29, 0.717) is 12.6 Å². The van der Waals surface area contributed by atoms with Crippen molar-refractivity contribution in [2.75, 3.05) is 19.6 Å². The van der Waals surface area contributed by atoms with E-state index in [0.717, 1.165) is 19.4 Å². The standard InChI is InChI=1S/C17H26F2N2/c1-4-8-15-11-21(16(2,3)12-20-15)13-17(18,19)14-9-6-5-7-10-14/h5-7,9-10,15,20H,4,8,11-13H2,1-3H3. The number of piperazine rings is 1. The summed E-state index contributed by atoms with van der Waals surface area (Å²) in [5.74, 6) is -2.81. The summed E-state index contributed by atoms with van der Waals surface area (Å²) in [4.78, 5) is 1.94.